The Kier molecular flexibility index (Phi) is 6.99. The van der Waals surface area contributed by atoms with E-state index in [0.717, 1.165) is 68.7 Å². The highest BCUT2D eigenvalue weighted by Crippen LogP contribution is 2.31. The average molecular weight is 476 g/mol. The zero-order valence-electron chi connectivity index (χ0n) is 19.6. The van der Waals surface area contributed by atoms with Crippen molar-refractivity contribution in [1.29, 1.82) is 0 Å². The predicted molar refractivity (Wildman–Crippen MR) is 134 cm³/mol. The van der Waals surface area contributed by atoms with Gasteiger partial charge in [0.25, 0.3) is 0 Å². The van der Waals surface area contributed by atoms with Gasteiger partial charge >= 0.3 is 6.01 Å². The second-order valence-electron chi connectivity index (χ2n) is 8.70. The van der Waals surface area contributed by atoms with Crippen molar-refractivity contribution >= 4 is 40.1 Å². The smallest absolute Gasteiger partial charge is 0.319 e. The zero-order chi connectivity index (χ0) is 24.0. The molecule has 0 spiro atoms. The van der Waals surface area contributed by atoms with Crippen LogP contribution >= 0.6 is 0 Å². The predicted octanol–water partition coefficient (Wildman–Crippen LogP) is 3.69. The van der Waals surface area contributed by atoms with Crippen LogP contribution in [0.3, 0.4) is 0 Å². The molecule has 2 saturated heterocycles. The van der Waals surface area contributed by atoms with E-state index in [-0.39, 0.29) is 5.91 Å². The Hall–Kier alpha value is -3.79. The first-order chi connectivity index (χ1) is 17.2. The lowest BCUT2D eigenvalue weighted by atomic mass is 10.0. The molecule has 0 bridgehead atoms. The number of carbonyl (C=O) groups is 1. The van der Waals surface area contributed by atoms with Crippen molar-refractivity contribution in [3.8, 4) is 6.01 Å². The molecule has 0 unspecified atom stereocenters. The number of rotatable bonds is 8. The van der Waals surface area contributed by atoms with Crippen molar-refractivity contribution in [2.24, 2.45) is 5.92 Å². The van der Waals surface area contributed by atoms with E-state index in [4.69, 9.17) is 14.5 Å². The van der Waals surface area contributed by atoms with Crippen LogP contribution in [0.1, 0.15) is 25.7 Å². The summed E-state index contributed by atoms with van der Waals surface area (Å²) in [6.45, 7) is 7.51. The van der Waals surface area contributed by atoms with Crippen molar-refractivity contribution in [3.05, 3.63) is 43.1 Å². The molecule has 1 amide bonds. The summed E-state index contributed by atoms with van der Waals surface area (Å²) in [6, 6.07) is 7.64. The van der Waals surface area contributed by atoms with Crippen LogP contribution in [0.2, 0.25) is 0 Å². The minimum absolute atomic E-state index is 0.319. The molecule has 0 radical (unpaired) electrons. The first-order valence-corrected chi connectivity index (χ1v) is 12.0. The molecule has 0 atom stereocenters. The lowest BCUT2D eigenvalue weighted by Crippen LogP contribution is -2.23. The Balaban J connectivity index is 1.40. The number of fused-ring (bicyclic) bond motifs is 1. The highest BCUT2D eigenvalue weighted by Gasteiger charge is 2.21. The van der Waals surface area contributed by atoms with Gasteiger partial charge in [-0.3, -0.25) is 4.79 Å². The first kappa shape index (κ1) is 23.0. The maximum Gasteiger partial charge on any atom is 0.319 e. The minimum Gasteiger partial charge on any atom is -0.463 e. The molecule has 182 valence electrons. The quantitative estimate of drug-likeness (QED) is 0.471. The summed E-state index contributed by atoms with van der Waals surface area (Å²) in [6.07, 6.45) is 7.18. The van der Waals surface area contributed by atoms with Crippen LogP contribution in [-0.4, -0.2) is 58.8 Å². The van der Waals surface area contributed by atoms with Crippen LogP contribution in [0.15, 0.2) is 43.1 Å². The van der Waals surface area contributed by atoms with Gasteiger partial charge in [-0.05, 0) is 55.9 Å². The second-order valence-corrected chi connectivity index (χ2v) is 8.70. The van der Waals surface area contributed by atoms with Gasteiger partial charge in [-0.1, -0.05) is 12.6 Å². The summed E-state index contributed by atoms with van der Waals surface area (Å²) in [4.78, 5) is 32.3. The van der Waals surface area contributed by atoms with E-state index in [1.165, 1.54) is 6.08 Å². The van der Waals surface area contributed by atoms with Crippen LogP contribution in [0.4, 0.5) is 23.3 Å². The van der Waals surface area contributed by atoms with Gasteiger partial charge in [-0.2, -0.15) is 9.97 Å². The highest BCUT2D eigenvalue weighted by atomic mass is 16.5. The van der Waals surface area contributed by atoms with Gasteiger partial charge < -0.3 is 25.0 Å². The van der Waals surface area contributed by atoms with Crippen LogP contribution in [-0.2, 0) is 9.53 Å². The molecule has 0 aromatic carbocycles. The molecular weight excluding hydrogens is 446 g/mol. The number of ether oxygens (including phenoxy) is 2. The van der Waals surface area contributed by atoms with Gasteiger partial charge in [0.15, 0.2) is 0 Å². The molecule has 2 N–H and O–H groups in total. The van der Waals surface area contributed by atoms with Gasteiger partial charge in [0.05, 0.1) is 18.3 Å². The summed E-state index contributed by atoms with van der Waals surface area (Å²) in [7, 11) is 0. The molecule has 3 aromatic rings. The monoisotopic (exact) mass is 475 g/mol. The van der Waals surface area contributed by atoms with E-state index in [2.05, 4.69) is 37.1 Å². The van der Waals surface area contributed by atoms with Crippen molar-refractivity contribution < 1.29 is 14.3 Å². The molecule has 0 saturated carbocycles. The fourth-order valence-electron chi connectivity index (χ4n) is 4.29. The molecular formula is C25H29N7O3. The molecule has 35 heavy (non-hydrogen) atoms. The lowest BCUT2D eigenvalue weighted by molar-refractivity contribution is -0.111. The van der Waals surface area contributed by atoms with Gasteiger partial charge in [-0.15, -0.1) is 0 Å². The fourth-order valence-corrected chi connectivity index (χ4v) is 4.29. The van der Waals surface area contributed by atoms with Gasteiger partial charge in [0, 0.05) is 31.7 Å². The third-order valence-corrected chi connectivity index (χ3v) is 6.18. The largest absolute Gasteiger partial charge is 0.463 e. The number of hydrogen-bond donors (Lipinski definition) is 2. The number of pyridine rings is 2. The summed E-state index contributed by atoms with van der Waals surface area (Å²) < 4.78 is 11.5. The number of anilines is 4. The molecule has 2 aliphatic heterocycles. The highest BCUT2D eigenvalue weighted by molar-refractivity contribution is 5.98. The zero-order valence-corrected chi connectivity index (χ0v) is 19.6. The molecule has 5 heterocycles. The SMILES string of the molecule is C=CC(=O)Nc1cccc(Nc2cc3c(N4CCCC4)nc(OCC4CCOCC4)nc3cn2)n1. The number of aromatic nitrogens is 4. The van der Waals surface area contributed by atoms with Gasteiger partial charge in [0.2, 0.25) is 5.91 Å². The lowest BCUT2D eigenvalue weighted by Gasteiger charge is -2.22. The van der Waals surface area contributed by atoms with E-state index >= 15 is 0 Å². The summed E-state index contributed by atoms with van der Waals surface area (Å²) in [5.41, 5.74) is 0.731. The third kappa shape index (κ3) is 5.65. The Morgan fingerprint density at radius 3 is 2.74 bits per heavy atom. The fraction of sp³-hybridized carbons (Fsp3) is 0.400. The molecule has 2 aliphatic rings. The van der Waals surface area contributed by atoms with Crippen LogP contribution in [0.25, 0.3) is 10.9 Å². The van der Waals surface area contributed by atoms with Crippen molar-refractivity contribution in [2.45, 2.75) is 25.7 Å². The average Bonchev–Trinajstić information content (AvgIpc) is 3.43. The number of amides is 1. The van der Waals surface area contributed by atoms with Gasteiger partial charge in [0.1, 0.15) is 23.3 Å². The normalized spacial score (nSPS) is 16.3. The minimum atomic E-state index is -0.319. The number of nitrogens with zero attached hydrogens (tertiary/aromatic N) is 5. The third-order valence-electron chi connectivity index (χ3n) is 6.18. The maximum atomic E-state index is 11.6. The van der Waals surface area contributed by atoms with Gasteiger partial charge in [-0.25, -0.2) is 9.97 Å². The standard InChI is InChI=1S/C25H29N7O3/c1-2-23(33)30-21-7-5-6-20(28-21)29-22-14-18-19(15-26-22)27-25(31-24(18)32-10-3-4-11-32)35-16-17-8-12-34-13-9-17/h2,5-7,14-15,17H,1,3-4,8-13,16H2,(H2,26,28,29,30,33). The maximum absolute atomic E-state index is 11.6. The molecule has 0 aliphatic carbocycles. The van der Waals surface area contributed by atoms with Crippen LogP contribution in [0.5, 0.6) is 6.01 Å². The Bertz CT molecular complexity index is 1210. The van der Waals surface area contributed by atoms with Crippen LogP contribution < -0.4 is 20.3 Å². The molecule has 10 heteroatoms. The van der Waals surface area contributed by atoms with E-state index in [0.29, 0.717) is 36.0 Å². The van der Waals surface area contributed by atoms with E-state index in [9.17, 15) is 4.79 Å². The number of carbonyl (C=O) groups excluding carboxylic acids is 1. The van der Waals surface area contributed by atoms with E-state index < -0.39 is 0 Å². The molecule has 3 aromatic heterocycles. The topological polar surface area (TPSA) is 114 Å². The van der Waals surface area contributed by atoms with Crippen LogP contribution in [0, 0.1) is 5.92 Å². The number of hydrogen-bond acceptors (Lipinski definition) is 9. The second kappa shape index (κ2) is 10.6. The molecule has 10 nitrogen and oxygen atoms in total. The summed E-state index contributed by atoms with van der Waals surface area (Å²) in [5.74, 6) is 2.59. The van der Waals surface area contributed by atoms with Crippen molar-refractivity contribution in [2.75, 3.05) is 48.4 Å². The van der Waals surface area contributed by atoms with E-state index in [1.54, 1.807) is 24.4 Å². The Morgan fingerprint density at radius 2 is 1.94 bits per heavy atom. The van der Waals surface area contributed by atoms with Crippen molar-refractivity contribution in [3.63, 3.8) is 0 Å². The Labute approximate surface area is 203 Å². The molecule has 5 rings (SSSR count). The number of nitrogens with one attached hydrogen (secondary N) is 2. The summed E-state index contributed by atoms with van der Waals surface area (Å²) in [5, 5.41) is 6.77. The van der Waals surface area contributed by atoms with Crippen molar-refractivity contribution in [1.82, 2.24) is 19.9 Å². The van der Waals surface area contributed by atoms with E-state index in [1.807, 2.05) is 6.07 Å². The first-order valence-electron chi connectivity index (χ1n) is 12.0. The molecule has 2 fully saturated rings. The Morgan fingerprint density at radius 1 is 1.14 bits per heavy atom. The summed E-state index contributed by atoms with van der Waals surface area (Å²) >= 11 is 0.